The summed E-state index contributed by atoms with van der Waals surface area (Å²) < 4.78 is 42.0. The maximum atomic E-state index is 14.6. The molecule has 3 amide bonds. The van der Waals surface area contributed by atoms with Gasteiger partial charge in [0.05, 0.1) is 77.2 Å². The van der Waals surface area contributed by atoms with Gasteiger partial charge in [-0.1, -0.05) is 19.9 Å². The maximum absolute atomic E-state index is 14.6. The molecule has 0 unspecified atom stereocenters. The molecule has 564 valence electrons. The standard InChI is InChI=1S/C75H119N11O15/c1-52(2)58-45-57(22-23-60(58)86-61(69-62(95-15)20-17-21-63(69)96-16)46-59(78-86)70(92)77-75(71(93)94)55-41-53-40-54(43-55)44-56(75)42-53)80(13)27-18-25-79(12)26-19-28-81(14)65(88)51-98-39-38-97-37-24-76-64(87)47-82-29-31-83(48-66(89)99-72(3,4)5)33-35-85(50-68(91)101-74(9,10)11)36-34-84(32-30-82)49-67(90)100-73(6,7)8/h17,20-23,45-46,52-56H,18-19,24-44,47-51H2,1-16H3,(H,76,87)(H,77,92)(H,93,94). The number of amides is 3. The van der Waals surface area contributed by atoms with Crippen LogP contribution in [0, 0.1) is 23.7 Å². The lowest BCUT2D eigenvalue weighted by Crippen LogP contribution is -2.70. The Morgan fingerprint density at radius 1 is 0.614 bits per heavy atom. The normalized spacial score (nSPS) is 20.4. The average molecular weight is 1410 g/mol. The van der Waals surface area contributed by atoms with Crippen molar-refractivity contribution in [1.82, 2.24) is 49.8 Å². The van der Waals surface area contributed by atoms with Crippen LogP contribution in [0.2, 0.25) is 0 Å². The van der Waals surface area contributed by atoms with Crippen LogP contribution in [0.5, 0.6) is 11.5 Å². The predicted molar refractivity (Wildman–Crippen MR) is 387 cm³/mol. The highest BCUT2D eigenvalue weighted by Crippen LogP contribution is 2.58. The summed E-state index contributed by atoms with van der Waals surface area (Å²) in [5, 5.41) is 22.0. The molecule has 26 heteroatoms. The third-order valence-electron chi connectivity index (χ3n) is 19.3. The number of aliphatic carboxylic acids is 1. The van der Waals surface area contributed by atoms with Crippen molar-refractivity contribution >= 4 is 47.3 Å². The van der Waals surface area contributed by atoms with Gasteiger partial charge in [-0.15, -0.1) is 0 Å². The number of aromatic nitrogens is 2. The van der Waals surface area contributed by atoms with Crippen LogP contribution in [0.4, 0.5) is 5.69 Å². The first-order valence-electron chi connectivity index (χ1n) is 36.3. The minimum atomic E-state index is -1.34. The third kappa shape index (κ3) is 24.6. The first kappa shape index (κ1) is 81.4. The number of hydrogen-bond donors (Lipinski definition) is 3. The monoisotopic (exact) mass is 1410 g/mol. The highest BCUT2D eigenvalue weighted by Gasteiger charge is 2.62. The van der Waals surface area contributed by atoms with Crippen molar-refractivity contribution in [2.75, 3.05) is 178 Å². The number of nitrogens with one attached hydrogen (secondary N) is 2. The molecule has 1 aromatic heterocycles. The van der Waals surface area contributed by atoms with Crippen molar-refractivity contribution in [2.24, 2.45) is 23.7 Å². The Morgan fingerprint density at radius 2 is 1.09 bits per heavy atom. The summed E-state index contributed by atoms with van der Waals surface area (Å²) in [6.07, 6.45) is 6.05. The zero-order valence-electron chi connectivity index (χ0n) is 63.4. The third-order valence-corrected chi connectivity index (χ3v) is 19.3. The van der Waals surface area contributed by atoms with Gasteiger partial charge in [0.15, 0.2) is 5.69 Å². The topological polar surface area (TPSA) is 269 Å². The van der Waals surface area contributed by atoms with Gasteiger partial charge in [-0.05, 0) is 199 Å². The van der Waals surface area contributed by atoms with Gasteiger partial charge in [0, 0.05) is 91.8 Å². The van der Waals surface area contributed by atoms with Gasteiger partial charge in [0.1, 0.15) is 40.4 Å². The number of ether oxygens (including phenoxy) is 7. The van der Waals surface area contributed by atoms with Crippen LogP contribution in [-0.2, 0) is 52.5 Å². The summed E-state index contributed by atoms with van der Waals surface area (Å²) in [7, 11) is 9.11. The number of carbonyl (C=O) groups excluding carboxylic acids is 6. The van der Waals surface area contributed by atoms with Crippen LogP contribution in [0.25, 0.3) is 16.9 Å². The minimum absolute atomic E-state index is 0.0211. The molecule has 26 nitrogen and oxygen atoms in total. The maximum Gasteiger partial charge on any atom is 0.330 e. The number of nitrogens with zero attached hydrogens (tertiary/aromatic N) is 9. The number of likely N-dealkylation sites (N-methyl/N-ethyl adjacent to an activating group) is 1. The summed E-state index contributed by atoms with van der Waals surface area (Å²) in [5.74, 6) is -1.06. The number of benzene rings is 2. The molecule has 4 aliphatic carbocycles. The molecule has 8 rings (SSSR count). The Kier molecular flexibility index (Phi) is 29.8. The first-order chi connectivity index (χ1) is 47.6. The molecule has 5 aliphatic rings. The molecular formula is C75H119N11O15. The molecule has 0 radical (unpaired) electrons. The highest BCUT2D eigenvalue weighted by molar-refractivity contribution is 5.98. The number of anilines is 1. The number of esters is 3. The zero-order valence-corrected chi connectivity index (χ0v) is 63.4. The molecule has 4 saturated carbocycles. The molecule has 3 aromatic rings. The van der Waals surface area contributed by atoms with E-state index >= 15 is 0 Å². The molecule has 3 N–H and O–H groups in total. The lowest BCUT2D eigenvalue weighted by molar-refractivity contribution is -0.163. The van der Waals surface area contributed by atoms with Crippen molar-refractivity contribution in [1.29, 1.82) is 0 Å². The Labute approximate surface area is 599 Å². The Hall–Kier alpha value is -6.94. The first-order valence-corrected chi connectivity index (χ1v) is 36.3. The molecule has 1 aliphatic heterocycles. The van der Waals surface area contributed by atoms with E-state index in [1.807, 2.05) is 106 Å². The second kappa shape index (κ2) is 37.0. The Balaban J connectivity index is 0.836. The molecule has 0 spiro atoms. The molecule has 4 bridgehead atoms. The van der Waals surface area contributed by atoms with Crippen LogP contribution in [0.1, 0.15) is 143 Å². The van der Waals surface area contributed by atoms with Crippen molar-refractivity contribution in [3.63, 3.8) is 0 Å². The van der Waals surface area contributed by atoms with Crippen LogP contribution in [0.15, 0.2) is 42.5 Å². The van der Waals surface area contributed by atoms with E-state index in [2.05, 4.69) is 60.5 Å². The van der Waals surface area contributed by atoms with E-state index in [0.717, 1.165) is 81.5 Å². The molecule has 2 heterocycles. The summed E-state index contributed by atoms with van der Waals surface area (Å²) in [5.41, 5.74) is 0.727. The highest BCUT2D eigenvalue weighted by atomic mass is 16.6. The number of hydrogen-bond acceptors (Lipinski definition) is 21. The lowest BCUT2D eigenvalue weighted by atomic mass is 9.48. The van der Waals surface area contributed by atoms with E-state index in [-0.39, 0.29) is 112 Å². The summed E-state index contributed by atoms with van der Waals surface area (Å²) in [6.45, 7) is 28.0. The van der Waals surface area contributed by atoms with Crippen LogP contribution in [-0.4, -0.2) is 281 Å². The molecule has 2 aromatic carbocycles. The number of carboxylic acids is 1. The molecule has 5 fully saturated rings. The van der Waals surface area contributed by atoms with E-state index in [1.54, 1.807) is 36.9 Å². The smallest absolute Gasteiger partial charge is 0.330 e. The SMILES string of the molecule is COc1cccc(OC)c1-c1cc(C(=O)NC2(C(=O)O)C3CC4CC(C3)CC2C4)nn1-c1ccc(N(C)CCCN(C)CCCN(C)C(=O)COCCOCCNC(=O)CN2CCN(CC(=O)OC(C)(C)C)CCN(CC(=O)OC(C)(C)C)CCN(CC(=O)OC(C)(C)C)CC2)cc1C(C)C. The zero-order chi connectivity index (χ0) is 74.0. The number of carboxylic acid groups (broad SMARTS) is 1. The summed E-state index contributed by atoms with van der Waals surface area (Å²) in [6, 6.07) is 13.5. The van der Waals surface area contributed by atoms with E-state index in [0.29, 0.717) is 93.5 Å². The Morgan fingerprint density at radius 3 is 1.55 bits per heavy atom. The van der Waals surface area contributed by atoms with E-state index in [9.17, 15) is 38.7 Å². The fourth-order valence-electron chi connectivity index (χ4n) is 14.6. The van der Waals surface area contributed by atoms with Gasteiger partial charge in [0.2, 0.25) is 11.8 Å². The van der Waals surface area contributed by atoms with Crippen molar-refractivity contribution < 1.29 is 71.8 Å². The van der Waals surface area contributed by atoms with E-state index in [4.69, 9.17) is 38.3 Å². The summed E-state index contributed by atoms with van der Waals surface area (Å²) >= 11 is 0. The largest absolute Gasteiger partial charge is 0.496 e. The molecule has 1 saturated heterocycles. The second-order valence-corrected chi connectivity index (χ2v) is 31.3. The summed E-state index contributed by atoms with van der Waals surface area (Å²) in [4.78, 5) is 108. The van der Waals surface area contributed by atoms with Gasteiger partial charge in [-0.3, -0.25) is 48.4 Å². The Bertz CT molecular complexity index is 3150. The quantitative estimate of drug-likeness (QED) is 0.0325. The number of rotatable bonds is 33. The van der Waals surface area contributed by atoms with Crippen molar-refractivity contribution in [3.05, 3.63) is 53.7 Å². The van der Waals surface area contributed by atoms with Gasteiger partial charge in [-0.2, -0.15) is 5.10 Å². The van der Waals surface area contributed by atoms with Crippen LogP contribution >= 0.6 is 0 Å². The molecular weight excluding hydrogens is 1290 g/mol. The van der Waals surface area contributed by atoms with Crippen molar-refractivity contribution in [2.45, 2.75) is 149 Å². The van der Waals surface area contributed by atoms with Crippen LogP contribution in [0.3, 0.4) is 0 Å². The van der Waals surface area contributed by atoms with Crippen molar-refractivity contribution in [3.8, 4) is 28.4 Å². The van der Waals surface area contributed by atoms with Gasteiger partial charge >= 0.3 is 23.9 Å². The van der Waals surface area contributed by atoms with Crippen LogP contribution < -0.4 is 25.0 Å². The fraction of sp³-hybridized carbons (Fsp3) is 0.707. The molecule has 0 atom stereocenters. The minimum Gasteiger partial charge on any atom is -0.496 e. The van der Waals surface area contributed by atoms with Gasteiger partial charge < -0.3 is 63.6 Å². The average Bonchev–Trinajstić information content (AvgIpc) is 1.27. The lowest BCUT2D eigenvalue weighted by Gasteiger charge is -2.59. The predicted octanol–water partition coefficient (Wildman–Crippen LogP) is 6.69. The number of methoxy groups -OCH3 is 2. The van der Waals surface area contributed by atoms with Gasteiger partial charge in [-0.25, -0.2) is 9.48 Å². The second-order valence-electron chi connectivity index (χ2n) is 31.3. The van der Waals surface area contributed by atoms with E-state index < -0.39 is 34.2 Å². The molecule has 101 heavy (non-hydrogen) atoms. The fourth-order valence-corrected chi connectivity index (χ4v) is 14.6. The number of carbonyl (C=O) groups is 7. The van der Waals surface area contributed by atoms with Gasteiger partial charge in [0.25, 0.3) is 5.91 Å². The van der Waals surface area contributed by atoms with E-state index in [1.165, 1.54) is 0 Å².